The zero-order valence-electron chi connectivity index (χ0n) is 18.7. The van der Waals surface area contributed by atoms with Gasteiger partial charge in [-0.15, -0.1) is 0 Å². The highest BCUT2D eigenvalue weighted by molar-refractivity contribution is 7.89. The summed E-state index contributed by atoms with van der Waals surface area (Å²) in [7, 11) is -2.56. The molecule has 1 heterocycles. The van der Waals surface area contributed by atoms with Crippen LogP contribution in [0.15, 0.2) is 47.4 Å². The van der Waals surface area contributed by atoms with Gasteiger partial charge in [0.2, 0.25) is 10.0 Å². The predicted octanol–water partition coefficient (Wildman–Crippen LogP) is 2.90. The third kappa shape index (κ3) is 6.20. The molecule has 0 saturated carbocycles. The Hall–Kier alpha value is -2.93. The average Bonchev–Trinajstić information content (AvgIpc) is 2.84. The molecule has 0 aliphatic carbocycles. The van der Waals surface area contributed by atoms with Crippen molar-refractivity contribution in [3.05, 3.63) is 53.8 Å². The lowest BCUT2D eigenvalue weighted by Crippen LogP contribution is -2.55. The van der Waals surface area contributed by atoms with Crippen molar-refractivity contribution in [3.8, 4) is 5.75 Å². The molecule has 1 saturated heterocycles. The fraction of sp³-hybridized carbons (Fsp3) is 0.409. The minimum absolute atomic E-state index is 0.00289. The van der Waals surface area contributed by atoms with E-state index in [1.807, 2.05) is 0 Å². The normalized spacial score (nSPS) is 14.9. The number of sulfonamides is 1. The highest BCUT2D eigenvalue weighted by atomic mass is 32.2. The number of benzene rings is 2. The van der Waals surface area contributed by atoms with Crippen molar-refractivity contribution in [1.82, 2.24) is 9.62 Å². The van der Waals surface area contributed by atoms with Crippen LogP contribution in [0.2, 0.25) is 0 Å². The zero-order valence-corrected chi connectivity index (χ0v) is 19.5. The molecular weight excluding hydrogens is 497 g/mol. The van der Waals surface area contributed by atoms with E-state index < -0.39 is 34.1 Å². The van der Waals surface area contributed by atoms with E-state index in [-0.39, 0.29) is 37.6 Å². The Morgan fingerprint density at radius 1 is 1.09 bits per heavy atom. The van der Waals surface area contributed by atoms with Crippen molar-refractivity contribution in [2.24, 2.45) is 0 Å². The number of methoxy groups -OCH3 is 1. The summed E-state index contributed by atoms with van der Waals surface area (Å²) in [6.45, 7) is -0.436. The van der Waals surface area contributed by atoms with E-state index in [4.69, 9.17) is 4.74 Å². The fourth-order valence-corrected chi connectivity index (χ4v) is 4.65. The predicted molar refractivity (Wildman–Crippen MR) is 118 cm³/mol. The molecule has 1 amide bonds. The first-order chi connectivity index (χ1) is 16.5. The monoisotopic (exact) mass is 521 g/mol. The minimum atomic E-state index is -4.77. The number of anilines is 1. The molecule has 3 rings (SSSR count). The van der Waals surface area contributed by atoms with E-state index in [2.05, 4.69) is 4.72 Å². The van der Waals surface area contributed by atoms with Crippen LogP contribution in [0.25, 0.3) is 0 Å². The van der Waals surface area contributed by atoms with Gasteiger partial charge in [-0.2, -0.15) is 8.78 Å². The first-order valence-corrected chi connectivity index (χ1v) is 12.1. The quantitative estimate of drug-likeness (QED) is 0.514. The van der Waals surface area contributed by atoms with Crippen LogP contribution >= 0.6 is 0 Å². The molecule has 1 fully saturated rings. The SMILES string of the molecule is COc1ccc(S(=O)(=O)NCCc2ccc(F)cc2)cc1N1CCN(C(=O)C(F)(F)C(F)F)CC1. The first-order valence-electron chi connectivity index (χ1n) is 10.6. The molecule has 2 aromatic rings. The number of carbonyl (C=O) groups excluding carboxylic acids is 1. The van der Waals surface area contributed by atoms with Crippen molar-refractivity contribution in [2.45, 2.75) is 23.7 Å². The van der Waals surface area contributed by atoms with Crippen LogP contribution in [0.5, 0.6) is 5.75 Å². The summed E-state index contributed by atoms with van der Waals surface area (Å²) in [5.74, 6) is -6.80. The standard InChI is InChI=1S/C22H24F5N3O4S/c1-34-19-7-6-17(35(32,33)28-9-8-15-2-4-16(23)5-3-15)14-18(19)29-10-12-30(13-11-29)21(31)22(26,27)20(24)25/h2-7,14,20,28H,8-13H2,1H3. The molecule has 1 aliphatic rings. The number of amides is 1. The average molecular weight is 522 g/mol. The summed E-state index contributed by atoms with van der Waals surface area (Å²) in [5, 5.41) is 0. The molecule has 0 unspecified atom stereocenters. The fourth-order valence-electron chi connectivity index (χ4n) is 3.60. The smallest absolute Gasteiger partial charge is 0.383 e. The molecule has 1 N–H and O–H groups in total. The number of piperazine rings is 1. The molecule has 0 bridgehead atoms. The van der Waals surface area contributed by atoms with Gasteiger partial charge in [0.15, 0.2) is 0 Å². The molecule has 0 atom stereocenters. The maximum Gasteiger partial charge on any atom is 0.383 e. The number of carbonyl (C=O) groups is 1. The van der Waals surface area contributed by atoms with Crippen LogP contribution in [-0.4, -0.2) is 71.4 Å². The van der Waals surface area contributed by atoms with E-state index in [1.165, 1.54) is 37.4 Å². The Kier molecular flexibility index (Phi) is 8.21. The Bertz CT molecular complexity index is 1140. The number of nitrogens with zero attached hydrogens (tertiary/aromatic N) is 2. The summed E-state index contributed by atoms with van der Waals surface area (Å²) < 4.78 is 98.2. The number of ether oxygens (including phenoxy) is 1. The van der Waals surface area contributed by atoms with E-state index >= 15 is 0 Å². The van der Waals surface area contributed by atoms with Gasteiger partial charge in [0.25, 0.3) is 5.91 Å². The van der Waals surface area contributed by atoms with Crippen molar-refractivity contribution >= 4 is 21.6 Å². The second-order valence-electron chi connectivity index (χ2n) is 7.81. The van der Waals surface area contributed by atoms with Crippen LogP contribution in [0.3, 0.4) is 0 Å². The third-order valence-electron chi connectivity index (χ3n) is 5.55. The van der Waals surface area contributed by atoms with E-state index in [0.29, 0.717) is 22.8 Å². The van der Waals surface area contributed by atoms with Gasteiger partial charge in [0.1, 0.15) is 11.6 Å². The number of hydrogen-bond acceptors (Lipinski definition) is 5. The molecule has 2 aromatic carbocycles. The highest BCUT2D eigenvalue weighted by Gasteiger charge is 2.51. The van der Waals surface area contributed by atoms with Gasteiger partial charge in [-0.05, 0) is 42.3 Å². The molecule has 1 aliphatic heterocycles. The van der Waals surface area contributed by atoms with E-state index in [9.17, 15) is 35.2 Å². The second-order valence-corrected chi connectivity index (χ2v) is 9.58. The van der Waals surface area contributed by atoms with Gasteiger partial charge in [0.05, 0.1) is 17.7 Å². The highest BCUT2D eigenvalue weighted by Crippen LogP contribution is 2.32. The molecule has 7 nitrogen and oxygen atoms in total. The Labute approximate surface area is 199 Å². The number of halogens is 5. The van der Waals surface area contributed by atoms with E-state index in [0.717, 1.165) is 5.56 Å². The summed E-state index contributed by atoms with van der Waals surface area (Å²) in [4.78, 5) is 14.0. The molecular formula is C22H24F5N3O4S. The lowest BCUT2D eigenvalue weighted by molar-refractivity contribution is -0.180. The molecule has 0 spiro atoms. The van der Waals surface area contributed by atoms with Crippen LogP contribution in [-0.2, 0) is 21.2 Å². The number of alkyl halides is 4. The van der Waals surface area contributed by atoms with Gasteiger partial charge in [0, 0.05) is 32.7 Å². The summed E-state index contributed by atoms with van der Waals surface area (Å²) in [6, 6.07) is 9.79. The number of hydrogen-bond donors (Lipinski definition) is 1. The largest absolute Gasteiger partial charge is 0.495 e. The van der Waals surface area contributed by atoms with Gasteiger partial charge >= 0.3 is 12.3 Å². The summed E-state index contributed by atoms with van der Waals surface area (Å²) in [6.07, 6.45) is -3.77. The zero-order chi connectivity index (χ0) is 25.8. The van der Waals surface area contributed by atoms with Crippen molar-refractivity contribution in [1.29, 1.82) is 0 Å². The molecule has 35 heavy (non-hydrogen) atoms. The van der Waals surface area contributed by atoms with Crippen molar-refractivity contribution < 1.29 is 39.9 Å². The number of rotatable bonds is 9. The van der Waals surface area contributed by atoms with Gasteiger partial charge in [-0.1, -0.05) is 12.1 Å². The maximum absolute atomic E-state index is 13.4. The van der Waals surface area contributed by atoms with Gasteiger partial charge < -0.3 is 14.5 Å². The lowest BCUT2D eigenvalue weighted by Gasteiger charge is -2.37. The van der Waals surface area contributed by atoms with Gasteiger partial charge in [-0.3, -0.25) is 4.79 Å². The van der Waals surface area contributed by atoms with Crippen molar-refractivity contribution in [3.63, 3.8) is 0 Å². The Balaban J connectivity index is 1.69. The summed E-state index contributed by atoms with van der Waals surface area (Å²) in [5.41, 5.74) is 1.09. The third-order valence-corrected chi connectivity index (χ3v) is 7.01. The van der Waals surface area contributed by atoms with E-state index in [1.54, 1.807) is 17.0 Å². The number of nitrogens with one attached hydrogen (secondary N) is 1. The lowest BCUT2D eigenvalue weighted by atomic mass is 10.1. The topological polar surface area (TPSA) is 79.0 Å². The molecule has 13 heteroatoms. The maximum atomic E-state index is 13.4. The Morgan fingerprint density at radius 3 is 2.29 bits per heavy atom. The molecule has 0 aromatic heterocycles. The van der Waals surface area contributed by atoms with Crippen LogP contribution in [0.1, 0.15) is 5.56 Å². The second kappa shape index (κ2) is 10.8. The van der Waals surface area contributed by atoms with Crippen LogP contribution < -0.4 is 14.4 Å². The summed E-state index contributed by atoms with van der Waals surface area (Å²) >= 11 is 0. The van der Waals surface area contributed by atoms with Crippen LogP contribution in [0, 0.1) is 5.82 Å². The first kappa shape index (κ1) is 26.7. The Morgan fingerprint density at radius 2 is 1.71 bits per heavy atom. The minimum Gasteiger partial charge on any atom is -0.495 e. The molecule has 0 radical (unpaired) electrons. The van der Waals surface area contributed by atoms with Crippen molar-refractivity contribution in [2.75, 3.05) is 44.7 Å². The molecule has 192 valence electrons. The van der Waals surface area contributed by atoms with Gasteiger partial charge in [-0.25, -0.2) is 26.3 Å². The van der Waals surface area contributed by atoms with Crippen LogP contribution in [0.4, 0.5) is 27.6 Å².